The molecule has 3 rings (SSSR count). The van der Waals surface area contributed by atoms with E-state index in [0.29, 0.717) is 5.69 Å². The van der Waals surface area contributed by atoms with Crippen molar-refractivity contribution in [3.05, 3.63) is 53.6 Å². The quantitative estimate of drug-likeness (QED) is 0.876. The Morgan fingerprint density at radius 2 is 2.13 bits per heavy atom. The first-order valence-electron chi connectivity index (χ1n) is 7.15. The van der Waals surface area contributed by atoms with Crippen LogP contribution in [0.4, 0.5) is 5.69 Å². The molecule has 23 heavy (non-hydrogen) atoms. The van der Waals surface area contributed by atoms with Gasteiger partial charge in [0, 0.05) is 32.1 Å². The molecule has 2 atom stereocenters. The van der Waals surface area contributed by atoms with E-state index in [1.807, 2.05) is 6.07 Å². The Balaban J connectivity index is 1.86. The van der Waals surface area contributed by atoms with Gasteiger partial charge in [0.25, 0.3) is 0 Å². The fourth-order valence-corrected chi connectivity index (χ4v) is 2.98. The lowest BCUT2D eigenvalue weighted by Gasteiger charge is -2.24. The number of rotatable bonds is 3. The van der Waals surface area contributed by atoms with Crippen LogP contribution in [0.3, 0.4) is 0 Å². The molecule has 7 heteroatoms. The zero-order chi connectivity index (χ0) is 16.4. The van der Waals surface area contributed by atoms with Crippen molar-refractivity contribution in [3.8, 4) is 0 Å². The topological polar surface area (TPSA) is 75.2 Å². The van der Waals surface area contributed by atoms with Crippen LogP contribution in [0.1, 0.15) is 18.0 Å². The van der Waals surface area contributed by atoms with Crippen LogP contribution >= 0.6 is 11.6 Å². The van der Waals surface area contributed by atoms with Gasteiger partial charge in [0.1, 0.15) is 0 Å². The van der Waals surface area contributed by atoms with Gasteiger partial charge in [0.2, 0.25) is 11.8 Å². The molecule has 118 valence electrons. The third kappa shape index (κ3) is 3.03. The number of hydrogen-bond donors (Lipinski definition) is 1. The Labute approximate surface area is 138 Å². The molecule has 1 fully saturated rings. The van der Waals surface area contributed by atoms with Crippen molar-refractivity contribution in [3.63, 3.8) is 0 Å². The maximum Gasteiger partial charge on any atom is 0.230 e. The van der Waals surface area contributed by atoms with Gasteiger partial charge in [0.15, 0.2) is 5.15 Å². The van der Waals surface area contributed by atoms with Crippen LogP contribution in [0.5, 0.6) is 0 Å². The molecule has 0 spiro atoms. The number of anilines is 1. The molecule has 1 saturated heterocycles. The van der Waals surface area contributed by atoms with Gasteiger partial charge < -0.3 is 10.2 Å². The van der Waals surface area contributed by atoms with E-state index in [2.05, 4.69) is 15.3 Å². The van der Waals surface area contributed by atoms with Crippen LogP contribution in [-0.4, -0.2) is 33.7 Å². The maximum absolute atomic E-state index is 12.6. The van der Waals surface area contributed by atoms with Crippen LogP contribution in [0.2, 0.25) is 5.15 Å². The molecule has 1 N–H and O–H groups in total. The fourth-order valence-electron chi connectivity index (χ4n) is 2.82. The Hall–Kier alpha value is -2.47. The number of halogens is 1. The molecule has 0 aromatic carbocycles. The molecule has 2 aromatic heterocycles. The molecule has 2 amide bonds. The number of nitrogens with one attached hydrogen (secondary N) is 1. The van der Waals surface area contributed by atoms with E-state index in [9.17, 15) is 9.59 Å². The molecule has 0 saturated carbocycles. The molecule has 6 nitrogen and oxygen atoms in total. The molecule has 1 aliphatic rings. The van der Waals surface area contributed by atoms with Crippen molar-refractivity contribution < 1.29 is 9.59 Å². The zero-order valence-corrected chi connectivity index (χ0v) is 13.2. The summed E-state index contributed by atoms with van der Waals surface area (Å²) in [6.07, 6.45) is 5.03. The molecular formula is C16H15ClN4O2. The number of nitrogens with zero attached hydrogens (tertiary/aromatic N) is 3. The van der Waals surface area contributed by atoms with Gasteiger partial charge in [-0.05, 0) is 23.8 Å². The third-order valence-electron chi connectivity index (χ3n) is 3.97. The largest absolute Gasteiger partial charge is 0.338 e. The van der Waals surface area contributed by atoms with Gasteiger partial charge in [0.05, 0.1) is 17.6 Å². The summed E-state index contributed by atoms with van der Waals surface area (Å²) in [4.78, 5) is 34.3. The van der Waals surface area contributed by atoms with Crippen molar-refractivity contribution in [2.75, 3.05) is 12.4 Å². The average molecular weight is 331 g/mol. The molecule has 3 heterocycles. The Bertz CT molecular complexity index is 738. The van der Waals surface area contributed by atoms with Gasteiger partial charge >= 0.3 is 0 Å². The molecule has 0 radical (unpaired) electrons. The highest BCUT2D eigenvalue weighted by Gasteiger charge is 2.42. The van der Waals surface area contributed by atoms with Crippen molar-refractivity contribution >= 4 is 29.1 Å². The van der Waals surface area contributed by atoms with E-state index in [1.54, 1.807) is 48.7 Å². The molecule has 0 bridgehead atoms. The number of pyridine rings is 2. The van der Waals surface area contributed by atoms with Crippen molar-refractivity contribution in [2.24, 2.45) is 5.92 Å². The lowest BCUT2D eigenvalue weighted by molar-refractivity contribution is -0.127. The molecule has 1 aliphatic heterocycles. The van der Waals surface area contributed by atoms with Gasteiger partial charge in [-0.1, -0.05) is 17.7 Å². The Morgan fingerprint density at radius 3 is 2.83 bits per heavy atom. The van der Waals surface area contributed by atoms with E-state index in [1.165, 1.54) is 0 Å². The summed E-state index contributed by atoms with van der Waals surface area (Å²) in [5, 5.41) is 2.98. The Morgan fingerprint density at radius 1 is 1.35 bits per heavy atom. The summed E-state index contributed by atoms with van der Waals surface area (Å²) < 4.78 is 0. The second-order valence-corrected chi connectivity index (χ2v) is 5.74. The van der Waals surface area contributed by atoms with Crippen molar-refractivity contribution in [1.82, 2.24) is 14.9 Å². The predicted octanol–water partition coefficient (Wildman–Crippen LogP) is 2.29. The first-order valence-corrected chi connectivity index (χ1v) is 7.52. The first kappa shape index (κ1) is 15.4. The van der Waals surface area contributed by atoms with E-state index < -0.39 is 5.92 Å². The van der Waals surface area contributed by atoms with E-state index in [4.69, 9.17) is 11.6 Å². The number of carbonyl (C=O) groups is 2. The van der Waals surface area contributed by atoms with Crippen LogP contribution in [0.15, 0.2) is 42.9 Å². The molecule has 0 unspecified atom stereocenters. The minimum Gasteiger partial charge on any atom is -0.338 e. The van der Waals surface area contributed by atoms with E-state index in [-0.39, 0.29) is 29.4 Å². The smallest absolute Gasteiger partial charge is 0.230 e. The number of hydrogen-bond acceptors (Lipinski definition) is 4. The zero-order valence-electron chi connectivity index (χ0n) is 12.4. The first-order chi connectivity index (χ1) is 11.1. The summed E-state index contributed by atoms with van der Waals surface area (Å²) >= 11 is 5.97. The summed E-state index contributed by atoms with van der Waals surface area (Å²) in [5.74, 6) is -0.837. The van der Waals surface area contributed by atoms with Gasteiger partial charge in [-0.25, -0.2) is 4.98 Å². The minimum absolute atomic E-state index is 0.0729. The monoisotopic (exact) mass is 330 g/mol. The third-order valence-corrected chi connectivity index (χ3v) is 4.27. The van der Waals surface area contributed by atoms with Gasteiger partial charge in [-0.3, -0.25) is 14.6 Å². The lowest BCUT2D eigenvalue weighted by Crippen LogP contribution is -2.30. The summed E-state index contributed by atoms with van der Waals surface area (Å²) in [5.41, 5.74) is 1.27. The summed E-state index contributed by atoms with van der Waals surface area (Å²) in [6.45, 7) is 0. The van der Waals surface area contributed by atoms with E-state index >= 15 is 0 Å². The highest BCUT2D eigenvalue weighted by atomic mass is 35.5. The average Bonchev–Trinajstić information content (AvgIpc) is 2.86. The normalized spacial score (nSPS) is 20.6. The van der Waals surface area contributed by atoms with Crippen LogP contribution in [0, 0.1) is 5.92 Å². The highest BCUT2D eigenvalue weighted by molar-refractivity contribution is 6.32. The minimum atomic E-state index is -0.507. The van der Waals surface area contributed by atoms with Crippen LogP contribution in [0.25, 0.3) is 0 Å². The Kier molecular flexibility index (Phi) is 4.25. The number of likely N-dealkylation sites (tertiary alicyclic amines) is 1. The second-order valence-electron chi connectivity index (χ2n) is 5.38. The summed E-state index contributed by atoms with van der Waals surface area (Å²) in [7, 11) is 1.70. The second kappa shape index (κ2) is 6.34. The molecular weight excluding hydrogens is 316 g/mol. The van der Waals surface area contributed by atoms with Crippen LogP contribution in [-0.2, 0) is 9.59 Å². The van der Waals surface area contributed by atoms with Crippen molar-refractivity contribution in [1.29, 1.82) is 0 Å². The molecule has 0 aliphatic carbocycles. The standard InChI is InChI=1S/C16H15ClN4O2/c1-21-13(22)8-11(14(21)10-4-2-6-18-9-10)16(23)20-12-5-3-7-19-15(12)17/h2-7,9,11,14H,8H2,1H3,(H,20,23)/t11-,14+/m0/s1. The fraction of sp³-hybridized carbons (Fsp3) is 0.250. The molecule has 2 aromatic rings. The van der Waals surface area contributed by atoms with Crippen LogP contribution < -0.4 is 5.32 Å². The van der Waals surface area contributed by atoms with Crippen molar-refractivity contribution in [2.45, 2.75) is 12.5 Å². The predicted molar refractivity (Wildman–Crippen MR) is 85.7 cm³/mol. The SMILES string of the molecule is CN1C(=O)C[C@H](C(=O)Nc2cccnc2Cl)[C@H]1c1cccnc1. The van der Waals surface area contributed by atoms with Gasteiger partial charge in [-0.2, -0.15) is 0 Å². The number of aromatic nitrogens is 2. The number of amides is 2. The highest BCUT2D eigenvalue weighted by Crippen LogP contribution is 2.37. The van der Waals surface area contributed by atoms with E-state index in [0.717, 1.165) is 5.56 Å². The summed E-state index contributed by atoms with van der Waals surface area (Å²) in [6, 6.07) is 6.67. The number of carbonyl (C=O) groups excluding carboxylic acids is 2. The maximum atomic E-state index is 12.6. The van der Waals surface area contributed by atoms with Gasteiger partial charge in [-0.15, -0.1) is 0 Å². The lowest BCUT2D eigenvalue weighted by atomic mass is 9.94.